The summed E-state index contributed by atoms with van der Waals surface area (Å²) in [6.45, 7) is 12.0. The molecule has 3 aliphatic rings. The molecule has 0 radical (unpaired) electrons. The fourth-order valence-corrected chi connectivity index (χ4v) is 5.84. The van der Waals surface area contributed by atoms with Crippen LogP contribution in [0.3, 0.4) is 0 Å². The van der Waals surface area contributed by atoms with Gasteiger partial charge in [-0.3, -0.25) is 4.79 Å². The number of carbonyl (C=O) groups is 1. The molecule has 6 heteroatoms. The lowest BCUT2D eigenvalue weighted by molar-refractivity contribution is -0.149. The molecule has 158 valence electrons. The molecule has 0 aromatic carbocycles. The van der Waals surface area contributed by atoms with Gasteiger partial charge in [-0.05, 0) is 68.9 Å². The number of halogens is 1. The number of fused-ring (bicyclic) bond motifs is 2. The maximum absolute atomic E-state index is 11.8. The minimum atomic E-state index is -0.465. The maximum atomic E-state index is 11.8. The second-order valence-electron chi connectivity index (χ2n) is 9.61. The van der Waals surface area contributed by atoms with Crippen LogP contribution in [0.1, 0.15) is 59.8 Å². The molecule has 2 aliphatic carbocycles. The first kappa shape index (κ1) is 22.9. The monoisotopic (exact) mass is 403 g/mol. The summed E-state index contributed by atoms with van der Waals surface area (Å²) in [6, 6.07) is 0. The maximum Gasteiger partial charge on any atom is 0.309 e. The highest BCUT2D eigenvalue weighted by atomic mass is 35.5. The number of nitrogens with zero attached hydrogens (tertiary/aromatic N) is 1. The van der Waals surface area contributed by atoms with E-state index in [2.05, 4.69) is 25.7 Å². The Balaban J connectivity index is 0.00000261. The third kappa shape index (κ3) is 4.80. The molecular formula is C21H38ClNO4. The number of carbonyl (C=O) groups excluding carboxylic acids is 1. The van der Waals surface area contributed by atoms with Crippen LogP contribution in [-0.4, -0.2) is 61.0 Å². The number of likely N-dealkylation sites (tertiary alicyclic amines) is 1. The van der Waals surface area contributed by atoms with Gasteiger partial charge in [0.2, 0.25) is 0 Å². The number of ether oxygens (including phenoxy) is 2. The number of hydrogen-bond donors (Lipinski definition) is 1. The summed E-state index contributed by atoms with van der Waals surface area (Å²) in [5, 5.41) is 10.5. The van der Waals surface area contributed by atoms with Crippen LogP contribution in [0.5, 0.6) is 0 Å². The molecule has 1 heterocycles. The van der Waals surface area contributed by atoms with Gasteiger partial charge in [0, 0.05) is 6.54 Å². The van der Waals surface area contributed by atoms with Crippen molar-refractivity contribution in [2.45, 2.75) is 72.0 Å². The second kappa shape index (κ2) is 8.98. The molecule has 0 amide bonds. The topological polar surface area (TPSA) is 59.0 Å². The third-order valence-corrected chi connectivity index (χ3v) is 7.27. The van der Waals surface area contributed by atoms with Crippen molar-refractivity contribution in [3.63, 3.8) is 0 Å². The average Bonchev–Trinajstić information content (AvgIpc) is 3.06. The van der Waals surface area contributed by atoms with Crippen molar-refractivity contribution in [2.24, 2.45) is 22.7 Å². The minimum absolute atomic E-state index is 0. The van der Waals surface area contributed by atoms with Crippen molar-refractivity contribution >= 4 is 18.4 Å². The van der Waals surface area contributed by atoms with Crippen molar-refractivity contribution in [2.75, 3.05) is 32.8 Å². The van der Waals surface area contributed by atoms with Gasteiger partial charge < -0.3 is 19.5 Å². The zero-order chi connectivity index (χ0) is 18.9. The summed E-state index contributed by atoms with van der Waals surface area (Å²) >= 11 is 0. The molecule has 0 aromatic rings. The van der Waals surface area contributed by atoms with Crippen LogP contribution in [0.2, 0.25) is 0 Å². The number of hydrogen-bond acceptors (Lipinski definition) is 5. The summed E-state index contributed by atoms with van der Waals surface area (Å²) in [5.41, 5.74) is 0.497. The molecule has 3 rings (SSSR count). The van der Waals surface area contributed by atoms with Crippen molar-refractivity contribution in [1.29, 1.82) is 0 Å². The standard InChI is InChI=1S/C21H37NO4.ClH/c1-5-25-18(24)15-7-10-22(11-8-15)13-17(23)14-26-19-20(2,3)16-6-9-21(19,4)12-16;/h15-17,19,23H,5-14H2,1-4H3;1H. The number of aliphatic hydroxyl groups excluding tert-OH is 1. The SMILES string of the molecule is CCOC(=O)C1CCN(CC(O)COC2C3(C)CCC(C3)C2(C)C)CC1.Cl. The zero-order valence-electron chi connectivity index (χ0n) is 17.4. The second-order valence-corrected chi connectivity index (χ2v) is 9.61. The number of rotatable bonds is 7. The third-order valence-electron chi connectivity index (χ3n) is 7.27. The predicted octanol–water partition coefficient (Wildman–Crippen LogP) is 3.28. The van der Waals surface area contributed by atoms with E-state index < -0.39 is 6.10 Å². The van der Waals surface area contributed by atoms with Crippen molar-refractivity contribution in [3.8, 4) is 0 Å². The molecule has 4 unspecified atom stereocenters. The summed E-state index contributed by atoms with van der Waals surface area (Å²) in [4.78, 5) is 14.1. The minimum Gasteiger partial charge on any atom is -0.466 e. The summed E-state index contributed by atoms with van der Waals surface area (Å²) < 4.78 is 11.4. The molecule has 1 N–H and O–H groups in total. The lowest BCUT2D eigenvalue weighted by Gasteiger charge is -2.42. The Labute approximate surface area is 170 Å². The van der Waals surface area contributed by atoms with Gasteiger partial charge in [-0.2, -0.15) is 0 Å². The van der Waals surface area contributed by atoms with Crippen molar-refractivity contribution in [3.05, 3.63) is 0 Å². The highest BCUT2D eigenvalue weighted by molar-refractivity contribution is 5.85. The Morgan fingerprint density at radius 3 is 2.44 bits per heavy atom. The van der Waals surface area contributed by atoms with Crippen LogP contribution in [0, 0.1) is 22.7 Å². The van der Waals surface area contributed by atoms with Gasteiger partial charge >= 0.3 is 5.97 Å². The van der Waals surface area contributed by atoms with Crippen LogP contribution in [-0.2, 0) is 14.3 Å². The Morgan fingerprint density at radius 1 is 1.22 bits per heavy atom. The zero-order valence-corrected chi connectivity index (χ0v) is 18.2. The first-order valence-corrected chi connectivity index (χ1v) is 10.4. The summed E-state index contributed by atoms with van der Waals surface area (Å²) in [6.07, 6.45) is 5.27. The molecule has 0 spiro atoms. The number of aliphatic hydroxyl groups is 1. The smallest absolute Gasteiger partial charge is 0.309 e. The molecule has 1 aliphatic heterocycles. The van der Waals surface area contributed by atoms with Crippen LogP contribution in [0.4, 0.5) is 0 Å². The van der Waals surface area contributed by atoms with Crippen LogP contribution in [0.15, 0.2) is 0 Å². The van der Waals surface area contributed by atoms with E-state index in [1.165, 1.54) is 19.3 Å². The van der Waals surface area contributed by atoms with Crippen molar-refractivity contribution < 1.29 is 19.4 Å². The first-order chi connectivity index (χ1) is 12.3. The highest BCUT2D eigenvalue weighted by Crippen LogP contribution is 2.63. The molecule has 2 bridgehead atoms. The summed E-state index contributed by atoms with van der Waals surface area (Å²) in [7, 11) is 0. The van der Waals surface area contributed by atoms with Gasteiger partial charge in [-0.1, -0.05) is 20.8 Å². The van der Waals surface area contributed by atoms with Crippen molar-refractivity contribution in [1.82, 2.24) is 4.90 Å². The molecule has 2 saturated carbocycles. The average molecular weight is 404 g/mol. The van der Waals surface area contributed by atoms with E-state index in [0.717, 1.165) is 31.8 Å². The molecule has 0 aromatic heterocycles. The van der Waals surface area contributed by atoms with E-state index in [1.807, 2.05) is 6.92 Å². The Morgan fingerprint density at radius 2 is 1.89 bits per heavy atom. The number of esters is 1. The first-order valence-electron chi connectivity index (χ1n) is 10.4. The predicted molar refractivity (Wildman–Crippen MR) is 108 cm³/mol. The van der Waals surface area contributed by atoms with E-state index in [0.29, 0.717) is 19.8 Å². The van der Waals surface area contributed by atoms with Gasteiger partial charge in [0.05, 0.1) is 31.3 Å². The number of β-amino-alcohol motifs (C(OH)–C–C–N with tert-alkyl or cyclic N) is 1. The quantitative estimate of drug-likeness (QED) is 0.661. The van der Waals surface area contributed by atoms with E-state index in [1.54, 1.807) is 0 Å². The van der Waals surface area contributed by atoms with E-state index in [4.69, 9.17) is 9.47 Å². The largest absolute Gasteiger partial charge is 0.466 e. The molecular weight excluding hydrogens is 366 g/mol. The molecule has 27 heavy (non-hydrogen) atoms. The highest BCUT2D eigenvalue weighted by Gasteiger charge is 2.60. The van der Waals surface area contributed by atoms with Crippen LogP contribution < -0.4 is 0 Å². The lowest BCUT2D eigenvalue weighted by Crippen LogP contribution is -2.46. The van der Waals surface area contributed by atoms with Crippen LogP contribution >= 0.6 is 12.4 Å². The molecule has 4 atom stereocenters. The Kier molecular flexibility index (Phi) is 7.62. The fraction of sp³-hybridized carbons (Fsp3) is 0.952. The normalized spacial score (nSPS) is 34.3. The number of piperidine rings is 1. The fourth-order valence-electron chi connectivity index (χ4n) is 5.84. The lowest BCUT2D eigenvalue weighted by atomic mass is 9.70. The summed E-state index contributed by atoms with van der Waals surface area (Å²) in [5.74, 6) is 0.716. The van der Waals surface area contributed by atoms with E-state index in [-0.39, 0.29) is 41.2 Å². The van der Waals surface area contributed by atoms with E-state index >= 15 is 0 Å². The van der Waals surface area contributed by atoms with Gasteiger partial charge in [-0.25, -0.2) is 0 Å². The van der Waals surface area contributed by atoms with Gasteiger partial charge in [0.15, 0.2) is 0 Å². The molecule has 5 nitrogen and oxygen atoms in total. The van der Waals surface area contributed by atoms with Gasteiger partial charge in [-0.15, -0.1) is 12.4 Å². The molecule has 1 saturated heterocycles. The Hall–Kier alpha value is -0.360. The Bertz CT molecular complexity index is 502. The molecule has 3 fully saturated rings. The van der Waals surface area contributed by atoms with E-state index in [9.17, 15) is 9.90 Å². The van der Waals surface area contributed by atoms with Gasteiger partial charge in [0.25, 0.3) is 0 Å². The van der Waals surface area contributed by atoms with Gasteiger partial charge in [0.1, 0.15) is 0 Å². The van der Waals surface area contributed by atoms with Crippen LogP contribution in [0.25, 0.3) is 0 Å².